The van der Waals surface area contributed by atoms with Crippen LogP contribution in [0.15, 0.2) is 0 Å². The van der Waals surface area contributed by atoms with Crippen molar-refractivity contribution in [2.24, 2.45) is 0 Å². The first-order valence-corrected chi connectivity index (χ1v) is 9.19. The molecule has 0 unspecified atom stereocenters. The Hall–Kier alpha value is -0.640. The van der Waals surface area contributed by atoms with Gasteiger partial charge in [0.15, 0.2) is 5.11 Å². The van der Waals surface area contributed by atoms with E-state index in [9.17, 15) is 4.79 Å². The van der Waals surface area contributed by atoms with Gasteiger partial charge in [0.2, 0.25) is 5.91 Å². The Balaban J connectivity index is 3.21. The standard InChI is InChI=1S/C17H34N2OS/c1-3-5-6-7-8-9-10-11-12-13-14-15-16(20)19-17(21)18-4-2/h3-15H2,1-2H3,(H2,18,19,20,21). The van der Waals surface area contributed by atoms with Crippen LogP contribution < -0.4 is 10.6 Å². The van der Waals surface area contributed by atoms with E-state index in [0.29, 0.717) is 11.5 Å². The molecule has 0 aromatic carbocycles. The number of thiocarbonyl (C=S) groups is 1. The molecule has 0 aromatic rings. The van der Waals surface area contributed by atoms with Crippen LogP contribution in [0.1, 0.15) is 90.9 Å². The van der Waals surface area contributed by atoms with Gasteiger partial charge >= 0.3 is 0 Å². The van der Waals surface area contributed by atoms with Crippen molar-refractivity contribution in [3.63, 3.8) is 0 Å². The van der Waals surface area contributed by atoms with Gasteiger partial charge < -0.3 is 10.6 Å². The normalized spacial score (nSPS) is 10.4. The van der Waals surface area contributed by atoms with Crippen LogP contribution in [0.3, 0.4) is 0 Å². The second-order valence-corrected chi connectivity index (χ2v) is 6.10. The lowest BCUT2D eigenvalue weighted by atomic mass is 10.1. The number of unbranched alkanes of at least 4 members (excludes halogenated alkanes) is 10. The summed E-state index contributed by atoms with van der Waals surface area (Å²) < 4.78 is 0. The molecule has 1 amide bonds. The number of rotatable bonds is 13. The highest BCUT2D eigenvalue weighted by Crippen LogP contribution is 2.11. The Bertz CT molecular complexity index is 270. The first-order chi connectivity index (χ1) is 10.2. The summed E-state index contributed by atoms with van der Waals surface area (Å²) in [5.41, 5.74) is 0. The Morgan fingerprint density at radius 2 is 1.29 bits per heavy atom. The fourth-order valence-corrected chi connectivity index (χ4v) is 2.60. The summed E-state index contributed by atoms with van der Waals surface area (Å²) in [7, 11) is 0. The van der Waals surface area contributed by atoms with Crippen molar-refractivity contribution in [2.75, 3.05) is 6.54 Å². The molecule has 21 heavy (non-hydrogen) atoms. The fraction of sp³-hybridized carbons (Fsp3) is 0.882. The van der Waals surface area contributed by atoms with Gasteiger partial charge in [-0.3, -0.25) is 4.79 Å². The summed E-state index contributed by atoms with van der Waals surface area (Å²) in [5.74, 6) is 0.0388. The van der Waals surface area contributed by atoms with E-state index < -0.39 is 0 Å². The van der Waals surface area contributed by atoms with Crippen molar-refractivity contribution in [3.05, 3.63) is 0 Å². The van der Waals surface area contributed by atoms with Crippen molar-refractivity contribution in [1.82, 2.24) is 10.6 Å². The number of nitrogens with one attached hydrogen (secondary N) is 2. The summed E-state index contributed by atoms with van der Waals surface area (Å²) in [6, 6.07) is 0. The lowest BCUT2D eigenvalue weighted by Crippen LogP contribution is -2.38. The minimum Gasteiger partial charge on any atom is -0.363 e. The topological polar surface area (TPSA) is 41.1 Å². The number of hydrogen-bond acceptors (Lipinski definition) is 2. The Morgan fingerprint density at radius 3 is 1.76 bits per heavy atom. The van der Waals surface area contributed by atoms with Crippen molar-refractivity contribution >= 4 is 23.2 Å². The van der Waals surface area contributed by atoms with Crippen LogP contribution in [0.2, 0.25) is 0 Å². The predicted octanol–water partition coefficient (Wildman–Crippen LogP) is 4.70. The van der Waals surface area contributed by atoms with Crippen LogP contribution >= 0.6 is 12.2 Å². The molecule has 0 spiro atoms. The molecule has 4 heteroatoms. The van der Waals surface area contributed by atoms with Crippen molar-refractivity contribution in [2.45, 2.75) is 90.9 Å². The second-order valence-electron chi connectivity index (χ2n) is 5.69. The monoisotopic (exact) mass is 314 g/mol. The number of carbonyl (C=O) groups excluding carboxylic acids is 1. The molecule has 0 aliphatic carbocycles. The van der Waals surface area contributed by atoms with E-state index in [0.717, 1.165) is 19.4 Å². The highest BCUT2D eigenvalue weighted by atomic mass is 32.1. The van der Waals surface area contributed by atoms with E-state index >= 15 is 0 Å². The number of carbonyl (C=O) groups is 1. The van der Waals surface area contributed by atoms with Crippen LogP contribution in [0, 0.1) is 0 Å². The van der Waals surface area contributed by atoms with E-state index in [1.165, 1.54) is 57.8 Å². The Labute approximate surface area is 136 Å². The van der Waals surface area contributed by atoms with Crippen LogP contribution in [-0.4, -0.2) is 17.6 Å². The first-order valence-electron chi connectivity index (χ1n) is 8.78. The van der Waals surface area contributed by atoms with Crippen LogP contribution in [0.25, 0.3) is 0 Å². The predicted molar refractivity (Wildman–Crippen MR) is 95.5 cm³/mol. The maximum atomic E-state index is 11.6. The van der Waals surface area contributed by atoms with E-state index in [1.54, 1.807) is 0 Å². The smallest absolute Gasteiger partial charge is 0.226 e. The summed E-state index contributed by atoms with van der Waals surface area (Å²) in [6.07, 6.45) is 14.9. The van der Waals surface area contributed by atoms with E-state index in [2.05, 4.69) is 17.6 Å². The minimum absolute atomic E-state index is 0.0388. The molecule has 0 aliphatic heterocycles. The average Bonchev–Trinajstić information content (AvgIpc) is 2.45. The first kappa shape index (κ1) is 20.4. The largest absolute Gasteiger partial charge is 0.363 e. The van der Waals surface area contributed by atoms with Gasteiger partial charge in [-0.15, -0.1) is 0 Å². The average molecular weight is 315 g/mol. The van der Waals surface area contributed by atoms with E-state index in [1.807, 2.05) is 6.92 Å². The minimum atomic E-state index is 0.0388. The highest BCUT2D eigenvalue weighted by molar-refractivity contribution is 7.80. The van der Waals surface area contributed by atoms with Gasteiger partial charge in [-0.05, 0) is 25.6 Å². The quantitative estimate of drug-likeness (QED) is 0.382. The zero-order chi connectivity index (χ0) is 15.8. The molecule has 0 atom stereocenters. The fourth-order valence-electron chi connectivity index (χ4n) is 2.34. The van der Waals surface area contributed by atoms with Gasteiger partial charge in [-0.1, -0.05) is 71.1 Å². The van der Waals surface area contributed by atoms with Gasteiger partial charge in [0.25, 0.3) is 0 Å². The van der Waals surface area contributed by atoms with Crippen LogP contribution in [0.4, 0.5) is 0 Å². The molecular weight excluding hydrogens is 280 g/mol. The number of amides is 1. The Morgan fingerprint density at radius 1 is 0.810 bits per heavy atom. The lowest BCUT2D eigenvalue weighted by Gasteiger charge is -2.07. The molecule has 3 nitrogen and oxygen atoms in total. The van der Waals surface area contributed by atoms with Crippen molar-refractivity contribution in [1.29, 1.82) is 0 Å². The maximum absolute atomic E-state index is 11.6. The molecule has 0 radical (unpaired) electrons. The molecule has 0 bridgehead atoms. The van der Waals surface area contributed by atoms with Crippen molar-refractivity contribution < 1.29 is 4.79 Å². The third-order valence-corrected chi connectivity index (χ3v) is 3.84. The van der Waals surface area contributed by atoms with E-state index in [4.69, 9.17) is 12.2 Å². The second kappa shape index (κ2) is 15.7. The molecular formula is C17H34N2OS. The SMILES string of the molecule is CCCCCCCCCCCCCC(=O)NC(=S)NCC. The van der Waals surface area contributed by atoms with Gasteiger partial charge in [0.05, 0.1) is 0 Å². The third-order valence-electron chi connectivity index (χ3n) is 3.60. The number of hydrogen-bond donors (Lipinski definition) is 2. The van der Waals surface area contributed by atoms with Gasteiger partial charge in [-0.2, -0.15) is 0 Å². The van der Waals surface area contributed by atoms with Crippen LogP contribution in [-0.2, 0) is 4.79 Å². The molecule has 0 rings (SSSR count). The van der Waals surface area contributed by atoms with E-state index in [-0.39, 0.29) is 5.91 Å². The molecule has 0 aliphatic rings. The highest BCUT2D eigenvalue weighted by Gasteiger charge is 2.03. The zero-order valence-electron chi connectivity index (χ0n) is 14.0. The Kier molecular flexibility index (Phi) is 15.3. The molecule has 0 aromatic heterocycles. The van der Waals surface area contributed by atoms with Gasteiger partial charge in [0.1, 0.15) is 0 Å². The molecule has 0 saturated carbocycles. The summed E-state index contributed by atoms with van der Waals surface area (Å²) in [6.45, 7) is 4.97. The summed E-state index contributed by atoms with van der Waals surface area (Å²) in [4.78, 5) is 11.6. The van der Waals surface area contributed by atoms with Gasteiger partial charge in [-0.25, -0.2) is 0 Å². The summed E-state index contributed by atoms with van der Waals surface area (Å²) in [5, 5.41) is 6.07. The third kappa shape index (κ3) is 15.6. The molecule has 0 fully saturated rings. The zero-order valence-corrected chi connectivity index (χ0v) is 14.8. The molecule has 0 heterocycles. The molecule has 2 N–H and O–H groups in total. The lowest BCUT2D eigenvalue weighted by molar-refractivity contribution is -0.119. The molecule has 0 saturated heterocycles. The maximum Gasteiger partial charge on any atom is 0.226 e. The molecule has 124 valence electrons. The van der Waals surface area contributed by atoms with Crippen molar-refractivity contribution in [3.8, 4) is 0 Å². The van der Waals surface area contributed by atoms with Gasteiger partial charge in [0, 0.05) is 13.0 Å². The summed E-state index contributed by atoms with van der Waals surface area (Å²) >= 11 is 4.97. The van der Waals surface area contributed by atoms with Crippen LogP contribution in [0.5, 0.6) is 0 Å².